The molecule has 1 aromatic carbocycles. The zero-order valence-corrected chi connectivity index (χ0v) is 17.9. The lowest BCUT2D eigenvalue weighted by atomic mass is 10.0. The Morgan fingerprint density at radius 1 is 1.32 bits per heavy atom. The van der Waals surface area contributed by atoms with Crippen LogP contribution < -0.4 is 16.0 Å². The molecule has 1 unspecified atom stereocenters. The van der Waals surface area contributed by atoms with Gasteiger partial charge in [-0.15, -0.1) is 5.10 Å². The molecular weight excluding hydrogens is 399 g/mol. The molecule has 0 radical (unpaired) electrons. The first-order valence-electron chi connectivity index (χ1n) is 10.6. The third-order valence-corrected chi connectivity index (χ3v) is 5.70. The number of aliphatic hydroxyl groups is 1. The van der Waals surface area contributed by atoms with Gasteiger partial charge in [0.2, 0.25) is 0 Å². The number of ether oxygens (including phenoxy) is 1. The molecule has 9 heteroatoms. The molecule has 1 saturated heterocycles. The summed E-state index contributed by atoms with van der Waals surface area (Å²) >= 11 is 0. The number of aliphatic hydroxyl groups excluding tert-OH is 1. The number of nitrogens with two attached hydrogens (primary N) is 1. The summed E-state index contributed by atoms with van der Waals surface area (Å²) in [4.78, 5) is 6.77. The highest BCUT2D eigenvalue weighted by Gasteiger charge is 2.20. The van der Waals surface area contributed by atoms with Crippen molar-refractivity contribution in [3.8, 4) is 0 Å². The maximum atomic E-state index is 14.6. The van der Waals surface area contributed by atoms with Gasteiger partial charge in [-0.2, -0.15) is 0 Å². The molecule has 8 nitrogen and oxygen atoms in total. The third kappa shape index (κ3) is 4.48. The van der Waals surface area contributed by atoms with E-state index in [9.17, 15) is 9.50 Å². The molecule has 166 valence electrons. The Kier molecular flexibility index (Phi) is 6.35. The number of imidazole rings is 1. The topological polar surface area (TPSA) is 101 Å². The first-order chi connectivity index (χ1) is 15.0. The molecule has 1 atom stereocenters. The van der Waals surface area contributed by atoms with Crippen molar-refractivity contribution in [2.75, 3.05) is 43.5 Å². The highest BCUT2D eigenvalue weighted by Crippen LogP contribution is 2.25. The molecule has 2 aromatic heterocycles. The van der Waals surface area contributed by atoms with Gasteiger partial charge < -0.3 is 25.8 Å². The van der Waals surface area contributed by atoms with Crippen molar-refractivity contribution in [2.24, 2.45) is 0 Å². The number of morpholine rings is 1. The summed E-state index contributed by atoms with van der Waals surface area (Å²) in [5, 5.41) is 17.2. The van der Waals surface area contributed by atoms with E-state index in [0.29, 0.717) is 43.1 Å². The van der Waals surface area contributed by atoms with Gasteiger partial charge >= 0.3 is 0 Å². The van der Waals surface area contributed by atoms with Crippen LogP contribution in [0, 0.1) is 12.7 Å². The van der Waals surface area contributed by atoms with Gasteiger partial charge in [-0.25, -0.2) is 13.9 Å². The number of nitrogen functional groups attached to an aromatic ring is 1. The zero-order chi connectivity index (χ0) is 22.0. The van der Waals surface area contributed by atoms with E-state index in [-0.39, 0.29) is 18.5 Å². The van der Waals surface area contributed by atoms with Gasteiger partial charge in [0.05, 0.1) is 36.9 Å². The second kappa shape index (κ2) is 9.17. The quantitative estimate of drug-likeness (QED) is 0.526. The Morgan fingerprint density at radius 2 is 2.10 bits per heavy atom. The number of hydrogen-bond acceptors (Lipinski definition) is 7. The fourth-order valence-electron chi connectivity index (χ4n) is 3.82. The lowest BCUT2D eigenvalue weighted by Gasteiger charge is -2.27. The van der Waals surface area contributed by atoms with E-state index in [1.807, 2.05) is 26.0 Å². The number of hydrogen-bond donors (Lipinski definition) is 3. The Balaban J connectivity index is 1.71. The largest absolute Gasteiger partial charge is 0.396 e. The molecule has 3 aromatic rings. The molecule has 3 heterocycles. The SMILES string of the molecule is Cc1nc2c(N)cc(N3CCOCC3)nn2c1Cc1cccc(F)c1CNC(C)CO. The average Bonchev–Trinajstić information content (AvgIpc) is 3.09. The maximum absolute atomic E-state index is 14.6. The van der Waals surface area contributed by atoms with Gasteiger partial charge in [0.25, 0.3) is 0 Å². The standard InChI is InChI=1S/C22H29FN6O2/c1-14(13-30)25-12-17-16(4-3-5-18(17)23)10-20-15(2)26-22-19(24)11-21(27-29(20)22)28-6-8-31-9-7-28/h3-5,11,14,25,30H,6-10,12-13,24H2,1-2H3. The van der Waals surface area contributed by atoms with E-state index in [1.165, 1.54) is 6.07 Å². The maximum Gasteiger partial charge on any atom is 0.177 e. The van der Waals surface area contributed by atoms with Crippen molar-refractivity contribution in [2.45, 2.75) is 32.9 Å². The lowest BCUT2D eigenvalue weighted by Crippen LogP contribution is -2.37. The van der Waals surface area contributed by atoms with Gasteiger partial charge in [-0.3, -0.25) is 0 Å². The molecule has 4 N–H and O–H groups in total. The number of nitrogens with one attached hydrogen (secondary N) is 1. The molecule has 0 saturated carbocycles. The summed E-state index contributed by atoms with van der Waals surface area (Å²) in [7, 11) is 0. The average molecular weight is 429 g/mol. The zero-order valence-electron chi connectivity index (χ0n) is 17.9. The van der Waals surface area contributed by atoms with Crippen molar-refractivity contribution in [1.82, 2.24) is 19.9 Å². The minimum Gasteiger partial charge on any atom is -0.396 e. The fraction of sp³-hybridized carbons (Fsp3) is 0.455. The summed E-state index contributed by atoms with van der Waals surface area (Å²) in [5.74, 6) is 0.507. The van der Waals surface area contributed by atoms with Gasteiger partial charge in [-0.1, -0.05) is 12.1 Å². The van der Waals surface area contributed by atoms with Crippen LogP contribution in [0.4, 0.5) is 15.9 Å². The van der Waals surface area contributed by atoms with E-state index in [0.717, 1.165) is 35.9 Å². The monoisotopic (exact) mass is 428 g/mol. The van der Waals surface area contributed by atoms with E-state index >= 15 is 0 Å². The van der Waals surface area contributed by atoms with Crippen molar-refractivity contribution < 1.29 is 14.2 Å². The van der Waals surface area contributed by atoms with E-state index < -0.39 is 0 Å². The normalized spacial score (nSPS) is 15.5. The molecule has 1 fully saturated rings. The van der Waals surface area contributed by atoms with Gasteiger partial charge in [-0.05, 0) is 25.5 Å². The molecule has 0 spiro atoms. The Bertz CT molecular complexity index is 1060. The predicted molar refractivity (Wildman–Crippen MR) is 118 cm³/mol. The lowest BCUT2D eigenvalue weighted by molar-refractivity contribution is 0.122. The minimum absolute atomic E-state index is 0.0103. The first kappa shape index (κ1) is 21.5. The summed E-state index contributed by atoms with van der Waals surface area (Å²) in [6, 6.07) is 6.81. The molecule has 0 amide bonds. The molecule has 31 heavy (non-hydrogen) atoms. The number of aryl methyl sites for hydroxylation is 1. The van der Waals surface area contributed by atoms with E-state index in [1.54, 1.807) is 10.6 Å². The van der Waals surface area contributed by atoms with Crippen LogP contribution in [0.1, 0.15) is 29.4 Å². The number of aromatic nitrogens is 3. The van der Waals surface area contributed by atoms with Crippen molar-refractivity contribution in [3.05, 3.63) is 52.6 Å². The van der Waals surface area contributed by atoms with Crippen LogP contribution in [-0.2, 0) is 17.7 Å². The third-order valence-electron chi connectivity index (χ3n) is 5.70. The van der Waals surface area contributed by atoms with Crippen LogP contribution in [0.3, 0.4) is 0 Å². The van der Waals surface area contributed by atoms with Gasteiger partial charge in [0, 0.05) is 43.7 Å². The van der Waals surface area contributed by atoms with Crippen molar-refractivity contribution in [1.29, 1.82) is 0 Å². The van der Waals surface area contributed by atoms with Crippen LogP contribution in [-0.4, -0.2) is 58.7 Å². The molecule has 0 aliphatic carbocycles. The summed E-state index contributed by atoms with van der Waals surface area (Å²) < 4.78 is 21.9. The van der Waals surface area contributed by atoms with Gasteiger partial charge in [0.1, 0.15) is 5.82 Å². The van der Waals surface area contributed by atoms with E-state index in [4.69, 9.17) is 15.6 Å². The van der Waals surface area contributed by atoms with Crippen molar-refractivity contribution in [3.63, 3.8) is 0 Å². The Labute approximate surface area is 180 Å². The van der Waals surface area contributed by atoms with Crippen LogP contribution in [0.25, 0.3) is 5.65 Å². The Hall–Kier alpha value is -2.75. The number of rotatable bonds is 7. The second-order valence-corrected chi connectivity index (χ2v) is 7.96. The van der Waals surface area contributed by atoms with Crippen LogP contribution >= 0.6 is 0 Å². The number of fused-ring (bicyclic) bond motifs is 1. The van der Waals surface area contributed by atoms with Gasteiger partial charge in [0.15, 0.2) is 11.5 Å². The molecular formula is C22H29FN6O2. The Morgan fingerprint density at radius 3 is 2.84 bits per heavy atom. The van der Waals surface area contributed by atoms with Crippen LogP contribution in [0.15, 0.2) is 24.3 Å². The summed E-state index contributed by atoms with van der Waals surface area (Å²) in [5.41, 5.74) is 10.6. The number of benzene rings is 1. The van der Waals surface area contributed by atoms with Crippen LogP contribution in [0.5, 0.6) is 0 Å². The number of nitrogens with zero attached hydrogens (tertiary/aromatic N) is 4. The fourth-order valence-corrected chi connectivity index (χ4v) is 3.82. The molecule has 1 aliphatic rings. The molecule has 1 aliphatic heterocycles. The summed E-state index contributed by atoms with van der Waals surface area (Å²) in [6.07, 6.45) is 0.467. The minimum atomic E-state index is -0.275. The predicted octanol–water partition coefficient (Wildman–Crippen LogP) is 1.66. The van der Waals surface area contributed by atoms with E-state index in [2.05, 4.69) is 15.2 Å². The first-order valence-corrected chi connectivity index (χ1v) is 10.6. The summed E-state index contributed by atoms with van der Waals surface area (Å²) in [6.45, 7) is 6.91. The molecule has 0 bridgehead atoms. The molecule has 4 rings (SSSR count). The highest BCUT2D eigenvalue weighted by atomic mass is 19.1. The van der Waals surface area contributed by atoms with Crippen molar-refractivity contribution >= 4 is 17.2 Å². The second-order valence-electron chi connectivity index (χ2n) is 7.96. The highest BCUT2D eigenvalue weighted by molar-refractivity contribution is 5.69. The number of halogens is 1. The number of anilines is 2. The van der Waals surface area contributed by atoms with Crippen LogP contribution in [0.2, 0.25) is 0 Å². The smallest absolute Gasteiger partial charge is 0.177 e.